The number of esters is 1. The molecule has 178 valence electrons. The number of Topliss-reactive ketones (excluding diaryl/α,β-unsaturated/α-hetero) is 1. The van der Waals surface area contributed by atoms with Crippen LogP contribution >= 0.6 is 0 Å². The van der Waals surface area contributed by atoms with Crippen LogP contribution in [0.5, 0.6) is 5.75 Å². The van der Waals surface area contributed by atoms with Crippen molar-refractivity contribution >= 4 is 23.3 Å². The van der Waals surface area contributed by atoms with Gasteiger partial charge in [-0.25, -0.2) is 4.79 Å². The number of benzene rings is 3. The largest absolute Gasteiger partial charge is 0.508 e. The van der Waals surface area contributed by atoms with E-state index in [4.69, 9.17) is 4.74 Å². The van der Waals surface area contributed by atoms with Crippen molar-refractivity contribution in [2.75, 3.05) is 11.5 Å². The molecule has 0 saturated carbocycles. The van der Waals surface area contributed by atoms with E-state index in [-0.39, 0.29) is 30.1 Å². The van der Waals surface area contributed by atoms with Gasteiger partial charge >= 0.3 is 5.97 Å². The van der Waals surface area contributed by atoms with E-state index in [9.17, 15) is 24.6 Å². The highest BCUT2D eigenvalue weighted by Gasteiger charge is 2.44. The monoisotopic (exact) mass is 471 g/mol. The Morgan fingerprint density at radius 1 is 0.943 bits per heavy atom. The minimum atomic E-state index is -0.939. The van der Waals surface area contributed by atoms with Crippen molar-refractivity contribution < 1.29 is 29.3 Å². The summed E-state index contributed by atoms with van der Waals surface area (Å²) in [6.07, 6.45) is 0.549. The van der Waals surface area contributed by atoms with Gasteiger partial charge in [0.15, 0.2) is 11.5 Å². The third-order valence-electron chi connectivity index (χ3n) is 5.83. The minimum absolute atomic E-state index is 0.0222. The summed E-state index contributed by atoms with van der Waals surface area (Å²) in [6, 6.07) is 20.9. The zero-order valence-electron chi connectivity index (χ0n) is 19.2. The molecule has 1 unspecified atom stereocenters. The van der Waals surface area contributed by atoms with Gasteiger partial charge in [-0.1, -0.05) is 42.5 Å². The highest BCUT2D eigenvalue weighted by molar-refractivity contribution is 6.16. The third kappa shape index (κ3) is 4.94. The molecule has 0 bridgehead atoms. The van der Waals surface area contributed by atoms with Crippen molar-refractivity contribution in [1.82, 2.24) is 0 Å². The first-order valence-electron chi connectivity index (χ1n) is 11.3. The number of carbonyl (C=O) groups excluding carboxylic acids is 3. The van der Waals surface area contributed by atoms with E-state index >= 15 is 0 Å². The normalized spacial score (nSPS) is 15.4. The van der Waals surface area contributed by atoms with E-state index in [2.05, 4.69) is 0 Å². The number of amides is 1. The number of ether oxygens (including phenoxy) is 1. The van der Waals surface area contributed by atoms with Crippen molar-refractivity contribution in [3.8, 4) is 5.75 Å². The predicted octanol–water partition coefficient (Wildman–Crippen LogP) is 4.67. The molecule has 7 heteroatoms. The lowest BCUT2D eigenvalue weighted by atomic mass is 9.93. The molecule has 0 fully saturated rings. The molecule has 0 spiro atoms. The van der Waals surface area contributed by atoms with E-state index in [1.807, 2.05) is 30.3 Å². The Balaban J connectivity index is 1.70. The highest BCUT2D eigenvalue weighted by atomic mass is 16.5. The first-order chi connectivity index (χ1) is 16.9. The summed E-state index contributed by atoms with van der Waals surface area (Å²) in [5.41, 5.74) is 2.11. The number of hydrogen-bond donors (Lipinski definition) is 2. The van der Waals surface area contributed by atoms with Crippen molar-refractivity contribution in [2.45, 2.75) is 25.8 Å². The van der Waals surface area contributed by atoms with Crippen LogP contribution in [0.25, 0.3) is 0 Å². The minimum Gasteiger partial charge on any atom is -0.508 e. The lowest BCUT2D eigenvalue weighted by Crippen LogP contribution is -2.31. The van der Waals surface area contributed by atoms with Gasteiger partial charge in [0.2, 0.25) is 0 Å². The number of aromatic hydroxyl groups is 1. The SMILES string of the molecule is CCOC(=O)c1ccc(N2C(=O)C(O)=C(C(=O)CCc3ccccc3)C2c2cccc(O)c2)cc1. The number of rotatable bonds is 8. The van der Waals surface area contributed by atoms with Crippen molar-refractivity contribution in [1.29, 1.82) is 0 Å². The standard InChI is InChI=1S/C28H25NO6/c1-2-35-28(34)19-12-14-21(15-13-19)29-25(20-9-6-10-22(30)17-20)24(26(32)27(29)33)23(31)16-11-18-7-4-3-5-8-18/h3-10,12-15,17,25,30,32H,2,11,16H2,1H3. The number of aliphatic hydroxyl groups is 1. The van der Waals surface area contributed by atoms with Crippen LogP contribution in [-0.4, -0.2) is 34.5 Å². The van der Waals surface area contributed by atoms with Gasteiger partial charge in [-0.05, 0) is 60.9 Å². The van der Waals surface area contributed by atoms with Gasteiger partial charge in [-0.2, -0.15) is 0 Å². The Kier molecular flexibility index (Phi) is 6.96. The molecular formula is C28H25NO6. The fourth-order valence-corrected chi connectivity index (χ4v) is 4.18. The van der Waals surface area contributed by atoms with E-state index in [0.29, 0.717) is 23.2 Å². The van der Waals surface area contributed by atoms with E-state index < -0.39 is 23.7 Å². The van der Waals surface area contributed by atoms with Gasteiger partial charge in [-0.3, -0.25) is 14.5 Å². The molecule has 7 nitrogen and oxygen atoms in total. The Bertz CT molecular complexity index is 1280. The molecule has 35 heavy (non-hydrogen) atoms. The van der Waals surface area contributed by atoms with Crippen molar-refractivity contribution in [2.24, 2.45) is 0 Å². The van der Waals surface area contributed by atoms with Crippen LogP contribution in [0, 0.1) is 0 Å². The zero-order chi connectivity index (χ0) is 24.9. The van der Waals surface area contributed by atoms with Crippen molar-refractivity contribution in [3.05, 3.63) is 107 Å². The maximum atomic E-state index is 13.3. The number of nitrogens with zero attached hydrogens (tertiary/aromatic N) is 1. The highest BCUT2D eigenvalue weighted by Crippen LogP contribution is 2.42. The second-order valence-electron chi connectivity index (χ2n) is 8.11. The molecule has 1 amide bonds. The Labute approximate surface area is 202 Å². The Hall–Kier alpha value is -4.39. The summed E-state index contributed by atoms with van der Waals surface area (Å²) in [6.45, 7) is 1.94. The molecule has 0 aliphatic carbocycles. The van der Waals surface area contributed by atoms with Crippen LogP contribution in [0.15, 0.2) is 90.2 Å². The maximum absolute atomic E-state index is 13.3. The Morgan fingerprint density at radius 2 is 1.66 bits per heavy atom. The molecule has 1 aliphatic rings. The van der Waals surface area contributed by atoms with Crippen LogP contribution in [-0.2, 0) is 20.7 Å². The molecule has 1 aliphatic heterocycles. The predicted molar refractivity (Wildman–Crippen MR) is 130 cm³/mol. The topological polar surface area (TPSA) is 104 Å². The van der Waals surface area contributed by atoms with Crippen LogP contribution in [0.1, 0.15) is 40.9 Å². The van der Waals surface area contributed by atoms with Crippen LogP contribution in [0.4, 0.5) is 5.69 Å². The number of aryl methyl sites for hydroxylation is 1. The summed E-state index contributed by atoms with van der Waals surface area (Å²) in [5.74, 6) is -2.24. The van der Waals surface area contributed by atoms with Crippen LogP contribution in [0.3, 0.4) is 0 Å². The Morgan fingerprint density at radius 3 is 2.31 bits per heavy atom. The maximum Gasteiger partial charge on any atom is 0.338 e. The molecule has 0 saturated heterocycles. The fourth-order valence-electron chi connectivity index (χ4n) is 4.18. The second kappa shape index (κ2) is 10.3. The average molecular weight is 472 g/mol. The quantitative estimate of drug-likeness (QED) is 0.463. The van der Waals surface area contributed by atoms with Gasteiger partial charge in [0.05, 0.1) is 23.8 Å². The summed E-state index contributed by atoms with van der Waals surface area (Å²) in [4.78, 5) is 39.8. The molecule has 1 heterocycles. The lowest BCUT2D eigenvalue weighted by molar-refractivity contribution is -0.118. The van der Waals surface area contributed by atoms with Gasteiger partial charge in [0, 0.05) is 12.1 Å². The number of aliphatic hydroxyl groups excluding tert-OH is 1. The summed E-state index contributed by atoms with van der Waals surface area (Å²) < 4.78 is 5.01. The number of hydrogen-bond acceptors (Lipinski definition) is 6. The zero-order valence-corrected chi connectivity index (χ0v) is 19.2. The number of anilines is 1. The van der Waals surface area contributed by atoms with Gasteiger partial charge < -0.3 is 14.9 Å². The number of phenolic OH excluding ortho intramolecular Hbond substituents is 1. The number of ketones is 1. The van der Waals surface area contributed by atoms with E-state index in [1.165, 1.54) is 29.2 Å². The molecule has 0 aromatic heterocycles. The summed E-state index contributed by atoms with van der Waals surface area (Å²) in [7, 11) is 0. The van der Waals surface area contributed by atoms with Gasteiger partial charge in [-0.15, -0.1) is 0 Å². The van der Waals surface area contributed by atoms with Crippen molar-refractivity contribution in [3.63, 3.8) is 0 Å². The summed E-state index contributed by atoms with van der Waals surface area (Å²) in [5, 5.41) is 20.9. The lowest BCUT2D eigenvalue weighted by Gasteiger charge is -2.27. The molecule has 0 radical (unpaired) electrons. The smallest absolute Gasteiger partial charge is 0.338 e. The fraction of sp³-hybridized carbons (Fsp3) is 0.179. The van der Waals surface area contributed by atoms with Crippen LogP contribution < -0.4 is 4.90 Å². The molecule has 3 aromatic rings. The van der Waals surface area contributed by atoms with Crippen LogP contribution in [0.2, 0.25) is 0 Å². The molecule has 4 rings (SSSR count). The van der Waals surface area contributed by atoms with Gasteiger partial charge in [0.25, 0.3) is 5.91 Å². The second-order valence-corrected chi connectivity index (χ2v) is 8.11. The van der Waals surface area contributed by atoms with Gasteiger partial charge in [0.1, 0.15) is 5.75 Å². The molecular weight excluding hydrogens is 446 g/mol. The third-order valence-corrected chi connectivity index (χ3v) is 5.83. The average Bonchev–Trinajstić information content (AvgIpc) is 3.14. The molecule has 1 atom stereocenters. The van der Waals surface area contributed by atoms with E-state index in [1.54, 1.807) is 31.2 Å². The number of phenols is 1. The number of carbonyl (C=O) groups is 3. The molecule has 2 N–H and O–H groups in total. The van der Waals surface area contributed by atoms with E-state index in [0.717, 1.165) is 5.56 Å². The summed E-state index contributed by atoms with van der Waals surface area (Å²) >= 11 is 0. The molecule has 3 aromatic carbocycles. The first kappa shape index (κ1) is 23.8. The first-order valence-corrected chi connectivity index (χ1v) is 11.3.